The summed E-state index contributed by atoms with van der Waals surface area (Å²) < 4.78 is 79.7. The van der Waals surface area contributed by atoms with Gasteiger partial charge in [0.25, 0.3) is 10.1 Å². The molecule has 6 nitrogen and oxygen atoms in total. The molecule has 1 atom stereocenters. The van der Waals surface area contributed by atoms with E-state index in [2.05, 4.69) is 16.6 Å². The first-order chi connectivity index (χ1) is 12.3. The van der Waals surface area contributed by atoms with Gasteiger partial charge in [-0.15, -0.1) is 5.92 Å². The van der Waals surface area contributed by atoms with Crippen LogP contribution in [0.25, 0.3) is 0 Å². The maximum atomic E-state index is 13.3. The van der Waals surface area contributed by atoms with Gasteiger partial charge in [-0.2, -0.15) is 21.6 Å². The minimum Gasteiger partial charge on any atom is -0.474 e. The highest BCUT2D eigenvalue weighted by Crippen LogP contribution is 2.38. The lowest BCUT2D eigenvalue weighted by molar-refractivity contribution is -0.139. The second-order valence-corrected chi connectivity index (χ2v) is 7.26. The molecule has 0 aromatic heterocycles. The first-order valence-electron chi connectivity index (χ1n) is 7.78. The molecule has 0 radical (unpaired) electrons. The third-order valence-corrected chi connectivity index (χ3v) is 4.18. The van der Waals surface area contributed by atoms with Gasteiger partial charge in [-0.25, -0.2) is 4.79 Å². The fourth-order valence-corrected chi connectivity index (χ4v) is 2.28. The summed E-state index contributed by atoms with van der Waals surface area (Å²) in [4.78, 5) is 11.9. The number of carbonyl (C=O) groups excluding carboxylic acids is 1. The Kier molecular flexibility index (Phi) is 7.28. The average Bonchev–Trinajstić information content (AvgIpc) is 2.52. The molecule has 0 spiro atoms. The lowest BCUT2D eigenvalue weighted by atomic mass is 10.0. The first-order valence-corrected chi connectivity index (χ1v) is 9.38. The second kappa shape index (κ2) is 8.63. The number of hydrogen-bond donors (Lipinski definition) is 1. The van der Waals surface area contributed by atoms with Crippen molar-refractivity contribution in [2.24, 2.45) is 0 Å². The molecule has 1 aromatic rings. The number of esters is 1. The molecule has 27 heavy (non-hydrogen) atoms. The molecule has 0 fully saturated rings. The standard InChI is InChI=1S/C17H19F3O6S/c1-4-8-16(3,5-2)26-14-11-12(6-7-13(14)17(18,19)20)15(21)25-9-10-27(22,23)24/h6-7,11H,5,9-10H2,1-3H3,(H,22,23,24). The molecular weight excluding hydrogens is 389 g/mol. The summed E-state index contributed by atoms with van der Waals surface area (Å²) in [6.45, 7) is 4.07. The third-order valence-electron chi connectivity index (χ3n) is 3.50. The molecule has 150 valence electrons. The predicted molar refractivity (Wildman–Crippen MR) is 90.9 cm³/mol. The van der Waals surface area contributed by atoms with E-state index in [0.717, 1.165) is 12.1 Å². The van der Waals surface area contributed by atoms with Gasteiger partial charge in [0.15, 0.2) is 5.60 Å². The molecule has 0 aliphatic rings. The molecule has 1 N–H and O–H groups in total. The maximum Gasteiger partial charge on any atom is 0.419 e. The Labute approximate surface area is 155 Å². The van der Waals surface area contributed by atoms with Crippen molar-refractivity contribution in [1.82, 2.24) is 0 Å². The molecule has 0 heterocycles. The normalized spacial score (nSPS) is 13.9. The van der Waals surface area contributed by atoms with Gasteiger partial charge >= 0.3 is 12.1 Å². The van der Waals surface area contributed by atoms with Crippen molar-refractivity contribution in [2.75, 3.05) is 12.4 Å². The Hall–Kier alpha value is -2.25. The Morgan fingerprint density at radius 1 is 1.30 bits per heavy atom. The van der Waals surface area contributed by atoms with Gasteiger partial charge in [-0.05, 0) is 38.5 Å². The van der Waals surface area contributed by atoms with Crippen molar-refractivity contribution in [2.45, 2.75) is 39.0 Å². The van der Waals surface area contributed by atoms with E-state index in [-0.39, 0.29) is 12.0 Å². The monoisotopic (exact) mass is 408 g/mol. The van der Waals surface area contributed by atoms with E-state index in [1.54, 1.807) is 6.92 Å². The molecule has 1 unspecified atom stereocenters. The zero-order chi connectivity index (χ0) is 20.9. The van der Waals surface area contributed by atoms with E-state index < -0.39 is 51.5 Å². The average molecular weight is 408 g/mol. The smallest absolute Gasteiger partial charge is 0.419 e. The maximum absolute atomic E-state index is 13.3. The Balaban J connectivity index is 3.20. The number of carbonyl (C=O) groups is 1. The molecule has 10 heteroatoms. The van der Waals surface area contributed by atoms with Crippen LogP contribution in [0.1, 0.15) is 43.1 Å². The number of alkyl halides is 3. The number of benzene rings is 1. The zero-order valence-corrected chi connectivity index (χ0v) is 15.7. The summed E-state index contributed by atoms with van der Waals surface area (Å²) in [5.74, 6) is 2.79. The fraction of sp³-hybridized carbons (Fsp3) is 0.471. The lowest BCUT2D eigenvalue weighted by Crippen LogP contribution is -2.30. The van der Waals surface area contributed by atoms with Crippen molar-refractivity contribution in [3.63, 3.8) is 0 Å². The van der Waals surface area contributed by atoms with Gasteiger partial charge < -0.3 is 9.47 Å². The first kappa shape index (κ1) is 22.8. The number of rotatable bonds is 7. The van der Waals surface area contributed by atoms with Crippen LogP contribution in [0, 0.1) is 11.8 Å². The van der Waals surface area contributed by atoms with Crippen LogP contribution in [0.2, 0.25) is 0 Å². The van der Waals surface area contributed by atoms with Gasteiger partial charge in [-0.3, -0.25) is 4.55 Å². The van der Waals surface area contributed by atoms with E-state index >= 15 is 0 Å². The SMILES string of the molecule is CC#CC(C)(CC)Oc1cc(C(=O)OCCS(=O)(=O)O)ccc1C(F)(F)F. The zero-order valence-electron chi connectivity index (χ0n) is 14.9. The van der Waals surface area contributed by atoms with E-state index in [1.165, 1.54) is 13.8 Å². The van der Waals surface area contributed by atoms with Crippen LogP contribution in [-0.2, 0) is 21.0 Å². The van der Waals surface area contributed by atoms with E-state index in [1.807, 2.05) is 0 Å². The Morgan fingerprint density at radius 2 is 1.93 bits per heavy atom. The molecule has 0 bridgehead atoms. The minimum absolute atomic E-state index is 0.267. The summed E-state index contributed by atoms with van der Waals surface area (Å²) in [6.07, 6.45) is -4.44. The Morgan fingerprint density at radius 3 is 2.41 bits per heavy atom. The van der Waals surface area contributed by atoms with E-state index in [9.17, 15) is 26.4 Å². The highest BCUT2D eigenvalue weighted by atomic mass is 32.2. The fourth-order valence-electron chi connectivity index (χ4n) is 1.98. The van der Waals surface area contributed by atoms with Gasteiger partial charge in [0, 0.05) is 0 Å². The third kappa shape index (κ3) is 7.11. The second-order valence-electron chi connectivity index (χ2n) is 5.69. The molecular formula is C17H19F3O6S. The van der Waals surface area contributed by atoms with Gasteiger partial charge in [0.1, 0.15) is 18.1 Å². The minimum atomic E-state index is -4.73. The number of ether oxygens (including phenoxy) is 2. The van der Waals surface area contributed by atoms with E-state index in [4.69, 9.17) is 9.29 Å². The molecule has 0 amide bonds. The van der Waals surface area contributed by atoms with Gasteiger partial charge in [-0.1, -0.05) is 12.8 Å². The summed E-state index contributed by atoms with van der Waals surface area (Å²) in [5.41, 5.74) is -2.56. The molecule has 1 aromatic carbocycles. The van der Waals surface area contributed by atoms with Crippen LogP contribution in [0.15, 0.2) is 18.2 Å². The molecule has 0 aliphatic carbocycles. The van der Waals surface area contributed by atoms with E-state index in [0.29, 0.717) is 6.07 Å². The van der Waals surface area contributed by atoms with Gasteiger partial charge in [0.2, 0.25) is 0 Å². The summed E-state index contributed by atoms with van der Waals surface area (Å²) >= 11 is 0. The summed E-state index contributed by atoms with van der Waals surface area (Å²) in [5, 5.41) is 0. The molecule has 0 saturated carbocycles. The quantitative estimate of drug-likeness (QED) is 0.423. The predicted octanol–water partition coefficient (Wildman–Crippen LogP) is 3.32. The summed E-state index contributed by atoms with van der Waals surface area (Å²) in [6, 6.07) is 2.42. The highest BCUT2D eigenvalue weighted by Gasteiger charge is 2.36. The molecule has 0 saturated heterocycles. The topological polar surface area (TPSA) is 89.9 Å². The highest BCUT2D eigenvalue weighted by molar-refractivity contribution is 7.85. The van der Waals surface area contributed by atoms with Crippen LogP contribution in [-0.4, -0.2) is 36.9 Å². The molecule has 0 aliphatic heterocycles. The largest absolute Gasteiger partial charge is 0.474 e. The Bertz CT molecular complexity index is 852. The summed E-state index contributed by atoms with van der Waals surface area (Å²) in [7, 11) is -4.34. The van der Waals surface area contributed by atoms with Crippen LogP contribution in [0.4, 0.5) is 13.2 Å². The number of halogens is 3. The lowest BCUT2D eigenvalue weighted by Gasteiger charge is -2.26. The molecule has 1 rings (SSSR count). The number of hydrogen-bond acceptors (Lipinski definition) is 5. The van der Waals surface area contributed by atoms with Crippen molar-refractivity contribution in [3.8, 4) is 17.6 Å². The van der Waals surface area contributed by atoms with Gasteiger partial charge in [0.05, 0.1) is 11.1 Å². The van der Waals surface area contributed by atoms with Crippen molar-refractivity contribution in [1.29, 1.82) is 0 Å². The van der Waals surface area contributed by atoms with Crippen LogP contribution < -0.4 is 4.74 Å². The van der Waals surface area contributed by atoms with Crippen LogP contribution >= 0.6 is 0 Å². The van der Waals surface area contributed by atoms with Crippen molar-refractivity contribution >= 4 is 16.1 Å². The van der Waals surface area contributed by atoms with Crippen LogP contribution in [0.3, 0.4) is 0 Å². The van der Waals surface area contributed by atoms with Crippen LogP contribution in [0.5, 0.6) is 5.75 Å². The van der Waals surface area contributed by atoms with Crippen molar-refractivity contribution in [3.05, 3.63) is 29.3 Å². The van der Waals surface area contributed by atoms with Crippen molar-refractivity contribution < 1.29 is 40.4 Å².